The second kappa shape index (κ2) is 5.93. The molecule has 3 fully saturated rings. The van der Waals surface area contributed by atoms with Crippen LogP contribution in [0, 0.1) is 5.92 Å². The van der Waals surface area contributed by atoms with Gasteiger partial charge in [0.2, 0.25) is 0 Å². The summed E-state index contributed by atoms with van der Waals surface area (Å²) in [6.45, 7) is 3.53. The van der Waals surface area contributed by atoms with Crippen molar-refractivity contribution in [2.24, 2.45) is 5.92 Å². The molecule has 2 aliphatic heterocycles. The molecule has 4 nitrogen and oxygen atoms in total. The highest BCUT2D eigenvalue weighted by Gasteiger charge is 2.43. The smallest absolute Gasteiger partial charge is 0.195 e. The van der Waals surface area contributed by atoms with E-state index in [0.29, 0.717) is 5.92 Å². The highest BCUT2D eigenvalue weighted by molar-refractivity contribution is 7.86. The van der Waals surface area contributed by atoms with Gasteiger partial charge in [-0.3, -0.25) is 0 Å². The number of piperidine rings is 1. The van der Waals surface area contributed by atoms with Gasteiger partial charge in [0, 0.05) is 25.2 Å². The van der Waals surface area contributed by atoms with Crippen LogP contribution in [0.4, 0.5) is 0 Å². The molecule has 0 amide bonds. The van der Waals surface area contributed by atoms with Crippen LogP contribution in [-0.4, -0.2) is 42.2 Å². The fraction of sp³-hybridized carbons (Fsp3) is 1.00. The number of nitrogens with zero attached hydrogens (tertiary/aromatic N) is 2. The Morgan fingerprint density at radius 3 is 2.15 bits per heavy atom. The molecule has 0 aromatic heterocycles. The van der Waals surface area contributed by atoms with Crippen molar-refractivity contribution in [3.05, 3.63) is 0 Å². The van der Waals surface area contributed by atoms with Crippen LogP contribution in [-0.2, 0) is 10.2 Å². The van der Waals surface area contributed by atoms with Crippen molar-refractivity contribution in [1.82, 2.24) is 8.61 Å². The summed E-state index contributed by atoms with van der Waals surface area (Å²) in [4.78, 5) is 0. The predicted octanol–water partition coefficient (Wildman–Crippen LogP) is 2.76. The Bertz CT molecular complexity index is 431. The minimum atomic E-state index is -3.23. The third-order valence-electron chi connectivity index (χ3n) is 5.53. The highest BCUT2D eigenvalue weighted by atomic mass is 32.2. The summed E-state index contributed by atoms with van der Waals surface area (Å²) in [6.07, 6.45) is 10.4. The molecule has 20 heavy (non-hydrogen) atoms. The van der Waals surface area contributed by atoms with Gasteiger partial charge in [-0.25, -0.2) is 0 Å². The van der Waals surface area contributed by atoms with Crippen molar-refractivity contribution >= 4 is 10.2 Å². The lowest BCUT2D eigenvalue weighted by atomic mass is 9.97. The normalized spacial score (nSPS) is 34.9. The van der Waals surface area contributed by atoms with Crippen LogP contribution in [0.1, 0.15) is 64.7 Å². The number of rotatable bonds is 3. The summed E-state index contributed by atoms with van der Waals surface area (Å²) in [5.74, 6) is 0.618. The van der Waals surface area contributed by atoms with Crippen molar-refractivity contribution in [3.63, 3.8) is 0 Å². The van der Waals surface area contributed by atoms with E-state index in [1.165, 1.54) is 32.1 Å². The Hall–Kier alpha value is -0.130. The summed E-state index contributed by atoms with van der Waals surface area (Å²) in [7, 11) is -3.23. The first-order valence-electron chi connectivity index (χ1n) is 8.39. The minimum Gasteiger partial charge on any atom is -0.195 e. The standard InChI is InChI=1S/C15H28N2O2S/c1-13-7-4-5-11-16(13)20(18,19)17-12-6-10-15(17)14-8-2-3-9-14/h13-15H,2-12H2,1H3/t13-,15+/m0/s1. The van der Waals surface area contributed by atoms with Crippen LogP contribution in [0.2, 0.25) is 0 Å². The third-order valence-corrected chi connectivity index (χ3v) is 7.71. The third kappa shape index (κ3) is 2.64. The fourth-order valence-corrected chi connectivity index (χ4v) is 6.58. The van der Waals surface area contributed by atoms with Crippen molar-refractivity contribution in [2.45, 2.75) is 76.8 Å². The van der Waals surface area contributed by atoms with E-state index < -0.39 is 10.2 Å². The molecule has 5 heteroatoms. The first-order valence-corrected chi connectivity index (χ1v) is 9.79. The van der Waals surface area contributed by atoms with E-state index >= 15 is 0 Å². The Labute approximate surface area is 123 Å². The molecule has 0 unspecified atom stereocenters. The molecule has 0 bridgehead atoms. The molecule has 0 aromatic carbocycles. The molecule has 0 spiro atoms. The van der Waals surface area contributed by atoms with Gasteiger partial charge in [-0.2, -0.15) is 17.0 Å². The van der Waals surface area contributed by atoms with Crippen molar-refractivity contribution in [1.29, 1.82) is 0 Å². The van der Waals surface area contributed by atoms with E-state index in [2.05, 4.69) is 6.92 Å². The van der Waals surface area contributed by atoms with E-state index in [4.69, 9.17) is 0 Å². The summed E-state index contributed by atoms with van der Waals surface area (Å²) in [6, 6.07) is 0.468. The van der Waals surface area contributed by atoms with E-state index in [0.717, 1.165) is 38.8 Å². The molecular formula is C15H28N2O2S. The zero-order chi connectivity index (χ0) is 14.2. The second-order valence-electron chi connectivity index (χ2n) is 6.83. The van der Waals surface area contributed by atoms with Crippen LogP contribution < -0.4 is 0 Å². The molecule has 2 saturated heterocycles. The van der Waals surface area contributed by atoms with Crippen molar-refractivity contribution < 1.29 is 8.42 Å². The highest BCUT2D eigenvalue weighted by Crippen LogP contribution is 2.38. The van der Waals surface area contributed by atoms with Crippen LogP contribution in [0.5, 0.6) is 0 Å². The van der Waals surface area contributed by atoms with Crippen molar-refractivity contribution in [2.75, 3.05) is 13.1 Å². The van der Waals surface area contributed by atoms with Crippen LogP contribution >= 0.6 is 0 Å². The Balaban J connectivity index is 1.78. The maximum Gasteiger partial charge on any atom is 0.282 e. The average Bonchev–Trinajstić information content (AvgIpc) is 3.10. The van der Waals surface area contributed by atoms with E-state index in [1.54, 1.807) is 4.31 Å². The van der Waals surface area contributed by atoms with E-state index in [1.807, 2.05) is 4.31 Å². The Kier molecular flexibility index (Phi) is 4.39. The Morgan fingerprint density at radius 1 is 0.800 bits per heavy atom. The van der Waals surface area contributed by atoms with Gasteiger partial charge in [0.25, 0.3) is 10.2 Å². The summed E-state index contributed by atoms with van der Waals surface area (Å²) in [5, 5.41) is 0. The number of hydrogen-bond donors (Lipinski definition) is 0. The maximum atomic E-state index is 13.0. The molecule has 2 heterocycles. The molecular weight excluding hydrogens is 272 g/mol. The molecule has 0 aromatic rings. The molecule has 0 radical (unpaired) electrons. The molecule has 2 atom stereocenters. The van der Waals surface area contributed by atoms with Gasteiger partial charge in [0.05, 0.1) is 0 Å². The SMILES string of the molecule is C[C@H]1CCCCN1S(=O)(=O)N1CCC[C@@H]1C1CCCC1. The lowest BCUT2D eigenvalue weighted by Gasteiger charge is -2.38. The van der Waals surface area contributed by atoms with Crippen LogP contribution in [0.3, 0.4) is 0 Å². The van der Waals surface area contributed by atoms with E-state index in [-0.39, 0.29) is 12.1 Å². The molecule has 3 rings (SSSR count). The fourth-order valence-electron chi connectivity index (χ4n) is 4.41. The van der Waals surface area contributed by atoms with Crippen LogP contribution in [0.15, 0.2) is 0 Å². The lowest BCUT2D eigenvalue weighted by Crippen LogP contribution is -2.52. The van der Waals surface area contributed by atoms with Gasteiger partial charge in [-0.1, -0.05) is 19.3 Å². The average molecular weight is 300 g/mol. The first-order chi connectivity index (χ1) is 9.60. The minimum absolute atomic E-state index is 0.179. The quantitative estimate of drug-likeness (QED) is 0.804. The Morgan fingerprint density at radius 2 is 1.45 bits per heavy atom. The molecule has 0 N–H and O–H groups in total. The molecule has 116 valence electrons. The summed E-state index contributed by atoms with van der Waals surface area (Å²) >= 11 is 0. The van der Waals surface area contributed by atoms with Crippen molar-refractivity contribution in [3.8, 4) is 0 Å². The van der Waals surface area contributed by atoms with E-state index in [9.17, 15) is 8.42 Å². The van der Waals surface area contributed by atoms with Gasteiger partial charge >= 0.3 is 0 Å². The predicted molar refractivity (Wildman–Crippen MR) is 80.6 cm³/mol. The van der Waals surface area contributed by atoms with Crippen LogP contribution in [0.25, 0.3) is 0 Å². The van der Waals surface area contributed by atoms with Gasteiger partial charge < -0.3 is 0 Å². The van der Waals surface area contributed by atoms with Gasteiger partial charge in [0.1, 0.15) is 0 Å². The van der Waals surface area contributed by atoms with Gasteiger partial charge in [-0.15, -0.1) is 0 Å². The zero-order valence-electron chi connectivity index (χ0n) is 12.6. The first kappa shape index (κ1) is 14.8. The molecule has 1 aliphatic carbocycles. The topological polar surface area (TPSA) is 40.6 Å². The monoisotopic (exact) mass is 300 g/mol. The number of hydrogen-bond acceptors (Lipinski definition) is 2. The largest absolute Gasteiger partial charge is 0.282 e. The molecule has 3 aliphatic rings. The maximum absolute atomic E-state index is 13.0. The van der Waals surface area contributed by atoms with Gasteiger partial charge in [-0.05, 0) is 51.4 Å². The zero-order valence-corrected chi connectivity index (χ0v) is 13.4. The lowest BCUT2D eigenvalue weighted by molar-refractivity contribution is 0.222. The second-order valence-corrected chi connectivity index (χ2v) is 8.66. The summed E-state index contributed by atoms with van der Waals surface area (Å²) < 4.78 is 29.7. The van der Waals surface area contributed by atoms with Gasteiger partial charge in [0.15, 0.2) is 0 Å². The molecule has 1 saturated carbocycles. The summed E-state index contributed by atoms with van der Waals surface area (Å²) in [5.41, 5.74) is 0.